The van der Waals surface area contributed by atoms with Crippen molar-refractivity contribution in [1.82, 2.24) is 41.1 Å². The van der Waals surface area contributed by atoms with Gasteiger partial charge in [0.1, 0.15) is 0 Å². The summed E-state index contributed by atoms with van der Waals surface area (Å²) in [4.78, 5) is 54.8. The first-order valence-electron chi connectivity index (χ1n) is 16.3. The molecule has 0 bridgehead atoms. The number of amides is 4. The van der Waals surface area contributed by atoms with Gasteiger partial charge in [0.05, 0.1) is 32.1 Å². The van der Waals surface area contributed by atoms with Gasteiger partial charge >= 0.3 is 0 Å². The third-order valence-corrected chi connectivity index (χ3v) is 8.41. The Bertz CT molecular complexity index is 1520. The molecule has 5 rings (SSSR count). The fraction of sp³-hybridized carbons (Fsp3) is 0.500. The van der Waals surface area contributed by atoms with E-state index in [0.717, 1.165) is 0 Å². The van der Waals surface area contributed by atoms with Gasteiger partial charge in [0.15, 0.2) is 17.3 Å². The van der Waals surface area contributed by atoms with Crippen LogP contribution in [0.25, 0.3) is 0 Å². The molecule has 14 heteroatoms. The number of ether oxygens (including phenoxy) is 2. The Morgan fingerprint density at radius 3 is 2.40 bits per heavy atom. The summed E-state index contributed by atoms with van der Waals surface area (Å²) in [6, 6.07) is 15.6. The quantitative estimate of drug-likeness (QED) is 0.277. The van der Waals surface area contributed by atoms with Gasteiger partial charge in [-0.05, 0) is 55.9 Å². The minimum Gasteiger partial charge on any atom is -0.493 e. The lowest BCUT2D eigenvalue weighted by Gasteiger charge is -2.39. The molecule has 2 aliphatic heterocycles. The molecule has 3 unspecified atom stereocenters. The Morgan fingerprint density at radius 2 is 1.75 bits per heavy atom. The molecule has 4 amide bonds. The summed E-state index contributed by atoms with van der Waals surface area (Å²) < 4.78 is 11.2. The first-order valence-corrected chi connectivity index (χ1v) is 16.3. The normalized spacial score (nSPS) is 18.3. The van der Waals surface area contributed by atoms with Crippen LogP contribution < -0.4 is 20.1 Å². The van der Waals surface area contributed by atoms with Crippen LogP contribution >= 0.6 is 0 Å². The van der Waals surface area contributed by atoms with E-state index in [1.165, 1.54) is 32.6 Å². The molecule has 14 nitrogen and oxygen atoms in total. The zero-order valence-electron chi connectivity index (χ0n) is 28.3. The summed E-state index contributed by atoms with van der Waals surface area (Å²) in [6.07, 6.45) is 2.33. The number of carbonyl (C=O) groups excluding carboxylic acids is 4. The zero-order chi connectivity index (χ0) is 34.6. The molecule has 258 valence electrons. The van der Waals surface area contributed by atoms with Crippen molar-refractivity contribution in [2.75, 3.05) is 46.9 Å². The van der Waals surface area contributed by atoms with Crippen molar-refractivity contribution < 1.29 is 28.7 Å². The van der Waals surface area contributed by atoms with Gasteiger partial charge in [-0.15, -0.1) is 10.2 Å². The van der Waals surface area contributed by atoms with E-state index in [1.54, 1.807) is 28.0 Å². The van der Waals surface area contributed by atoms with E-state index in [4.69, 9.17) is 9.47 Å². The monoisotopic (exact) mass is 662 g/mol. The van der Waals surface area contributed by atoms with Crippen molar-refractivity contribution in [2.24, 2.45) is 17.8 Å². The minimum absolute atomic E-state index is 0.0561. The number of fused-ring (bicyclic) bond motifs is 1. The Hall–Kier alpha value is -5.01. The number of tetrazole rings is 1. The van der Waals surface area contributed by atoms with E-state index in [0.29, 0.717) is 36.7 Å². The Balaban J connectivity index is 0.000000500. The first kappa shape index (κ1) is 35.8. The summed E-state index contributed by atoms with van der Waals surface area (Å²) in [5.41, 5.74) is 1.88. The number of hydrogen-bond donors (Lipinski definition) is 3. The molecule has 3 N–H and O–H groups in total. The number of carbonyl (C=O) groups is 4. The van der Waals surface area contributed by atoms with Gasteiger partial charge in [0, 0.05) is 38.8 Å². The van der Waals surface area contributed by atoms with Gasteiger partial charge in [-0.2, -0.15) is 5.21 Å². The van der Waals surface area contributed by atoms with Crippen LogP contribution in [0.15, 0.2) is 48.5 Å². The van der Waals surface area contributed by atoms with Gasteiger partial charge in [0.25, 0.3) is 5.91 Å². The molecule has 3 atom stereocenters. The molecule has 0 radical (unpaired) electrons. The number of aromatic amines is 1. The third-order valence-electron chi connectivity index (χ3n) is 8.41. The Kier molecular flexibility index (Phi) is 12.9. The number of likely N-dealkylation sites (N-methyl/N-ethyl adjacent to an activating group) is 1. The van der Waals surface area contributed by atoms with Crippen molar-refractivity contribution in [3.63, 3.8) is 0 Å². The number of piperidine rings is 1. The number of aryl methyl sites for hydroxylation is 1. The van der Waals surface area contributed by atoms with E-state index in [9.17, 15) is 19.2 Å². The lowest BCUT2D eigenvalue weighted by atomic mass is 9.79. The highest BCUT2D eigenvalue weighted by Gasteiger charge is 2.48. The van der Waals surface area contributed by atoms with Crippen LogP contribution in [0.1, 0.15) is 48.9 Å². The van der Waals surface area contributed by atoms with Crippen LogP contribution in [0.5, 0.6) is 11.5 Å². The van der Waals surface area contributed by atoms with Gasteiger partial charge in [0.2, 0.25) is 17.7 Å². The Morgan fingerprint density at radius 1 is 1.00 bits per heavy atom. The largest absolute Gasteiger partial charge is 0.493 e. The predicted molar refractivity (Wildman–Crippen MR) is 177 cm³/mol. The summed E-state index contributed by atoms with van der Waals surface area (Å²) in [5.74, 6) is -0.765. The number of hydrogen-bond acceptors (Lipinski definition) is 9. The summed E-state index contributed by atoms with van der Waals surface area (Å²) in [6.45, 7) is 7.11. The lowest BCUT2D eigenvalue weighted by Crippen LogP contribution is -2.54. The molecule has 2 saturated heterocycles. The molecule has 2 aliphatic rings. The fourth-order valence-electron chi connectivity index (χ4n) is 6.08. The number of methoxy groups -OCH3 is 1. The minimum atomic E-state index is -0.600. The SMILES string of the molecule is CCCc1ccccc1.CNC(=O)CNC(=O)C1CN(C(=O)Cc2nn[nH]n2)CC2CN(C(=O)c3ccc(OC(C)C)c(OC)c3)CC21. The molecular formula is C34H46N8O6. The van der Waals surface area contributed by atoms with Crippen molar-refractivity contribution >= 4 is 23.6 Å². The average molecular weight is 663 g/mol. The van der Waals surface area contributed by atoms with Crippen LogP contribution in [0, 0.1) is 17.8 Å². The number of nitrogens with one attached hydrogen (secondary N) is 3. The number of aromatic nitrogens is 4. The average Bonchev–Trinajstić information content (AvgIpc) is 3.77. The smallest absolute Gasteiger partial charge is 0.254 e. The number of H-pyrrole nitrogens is 1. The second kappa shape index (κ2) is 17.2. The third kappa shape index (κ3) is 9.52. The van der Waals surface area contributed by atoms with Crippen LogP contribution in [-0.2, 0) is 27.2 Å². The molecule has 48 heavy (non-hydrogen) atoms. The van der Waals surface area contributed by atoms with Crippen molar-refractivity contribution in [3.8, 4) is 11.5 Å². The predicted octanol–water partition coefficient (Wildman–Crippen LogP) is 1.89. The summed E-state index contributed by atoms with van der Waals surface area (Å²) >= 11 is 0. The molecular weight excluding hydrogens is 616 g/mol. The highest BCUT2D eigenvalue weighted by Crippen LogP contribution is 2.37. The number of benzene rings is 2. The van der Waals surface area contributed by atoms with E-state index < -0.39 is 5.92 Å². The van der Waals surface area contributed by atoms with Gasteiger partial charge < -0.3 is 29.9 Å². The lowest BCUT2D eigenvalue weighted by molar-refractivity contribution is -0.139. The molecule has 0 spiro atoms. The molecule has 1 aromatic heterocycles. The zero-order valence-corrected chi connectivity index (χ0v) is 28.3. The molecule has 2 fully saturated rings. The van der Waals surface area contributed by atoms with Gasteiger partial charge in [-0.3, -0.25) is 19.2 Å². The maximum Gasteiger partial charge on any atom is 0.254 e. The molecule has 0 saturated carbocycles. The second-order valence-corrected chi connectivity index (χ2v) is 12.2. The maximum atomic E-state index is 13.5. The highest BCUT2D eigenvalue weighted by atomic mass is 16.5. The van der Waals surface area contributed by atoms with Crippen LogP contribution in [-0.4, -0.2) is 107 Å². The van der Waals surface area contributed by atoms with Crippen LogP contribution in [0.3, 0.4) is 0 Å². The maximum absolute atomic E-state index is 13.5. The van der Waals surface area contributed by atoms with E-state index in [1.807, 2.05) is 13.8 Å². The van der Waals surface area contributed by atoms with E-state index in [2.05, 4.69) is 68.5 Å². The van der Waals surface area contributed by atoms with Gasteiger partial charge in [-0.1, -0.05) is 48.9 Å². The van der Waals surface area contributed by atoms with E-state index in [-0.39, 0.29) is 66.9 Å². The van der Waals surface area contributed by atoms with E-state index >= 15 is 0 Å². The summed E-state index contributed by atoms with van der Waals surface area (Å²) in [5, 5.41) is 18.6. The second-order valence-electron chi connectivity index (χ2n) is 12.2. The molecule has 2 aromatic carbocycles. The van der Waals surface area contributed by atoms with Crippen molar-refractivity contribution in [1.29, 1.82) is 0 Å². The summed E-state index contributed by atoms with van der Waals surface area (Å²) in [7, 11) is 3.00. The molecule has 3 heterocycles. The van der Waals surface area contributed by atoms with Crippen molar-refractivity contribution in [2.45, 2.75) is 46.1 Å². The standard InChI is InChI=1S/C25H34N8O6.C9H12/c1-14(2)39-19-6-5-15(7-20(19)38-4)25(37)33-11-16-10-32(23(35)8-21-28-30-31-29-21)13-18(17(16)12-33)24(36)27-9-22(34)26-3;1-2-6-9-7-4-3-5-8-9/h5-7,14,16-18H,8-13H2,1-4H3,(H,26,34)(H,27,36)(H,28,29,30,31);3-5,7-8H,2,6H2,1H3. The highest BCUT2D eigenvalue weighted by molar-refractivity contribution is 5.95. The Labute approximate surface area is 280 Å². The molecule has 0 aliphatic carbocycles. The van der Waals surface area contributed by atoms with Gasteiger partial charge in [-0.25, -0.2) is 0 Å². The topological polar surface area (TPSA) is 172 Å². The number of nitrogens with zero attached hydrogens (tertiary/aromatic N) is 5. The van der Waals surface area contributed by atoms with Crippen molar-refractivity contribution in [3.05, 3.63) is 65.5 Å². The number of rotatable bonds is 11. The molecule has 3 aromatic rings. The first-order chi connectivity index (χ1) is 23.1. The van der Waals surface area contributed by atoms with Crippen LogP contribution in [0.4, 0.5) is 0 Å². The fourth-order valence-corrected chi connectivity index (χ4v) is 6.08. The van der Waals surface area contributed by atoms with Crippen LogP contribution in [0.2, 0.25) is 0 Å². The number of likely N-dealkylation sites (tertiary alicyclic amines) is 2.